The molecule has 118 valence electrons. The number of rotatable bonds is 3. The highest BCUT2D eigenvalue weighted by Crippen LogP contribution is 2.34. The Morgan fingerprint density at radius 2 is 2.35 bits per heavy atom. The molecule has 1 amide bonds. The van der Waals surface area contributed by atoms with E-state index in [1.807, 2.05) is 40.8 Å². The highest BCUT2D eigenvalue weighted by molar-refractivity contribution is 7.20. The average molecular weight is 345 g/mol. The summed E-state index contributed by atoms with van der Waals surface area (Å²) in [5, 5.41) is 8.70. The van der Waals surface area contributed by atoms with Crippen LogP contribution >= 0.6 is 22.7 Å². The summed E-state index contributed by atoms with van der Waals surface area (Å²) >= 11 is 3.14. The number of hydrogen-bond acceptors (Lipinski definition) is 6. The van der Waals surface area contributed by atoms with E-state index >= 15 is 0 Å². The quantitative estimate of drug-likeness (QED) is 0.715. The summed E-state index contributed by atoms with van der Waals surface area (Å²) in [6.07, 6.45) is 1.88. The van der Waals surface area contributed by atoms with Crippen LogP contribution in [0.25, 0.3) is 9.88 Å². The van der Waals surface area contributed by atoms with Crippen molar-refractivity contribution in [2.24, 2.45) is 0 Å². The zero-order chi connectivity index (χ0) is 15.8. The first-order valence-corrected chi connectivity index (χ1v) is 9.22. The van der Waals surface area contributed by atoms with E-state index in [0.717, 1.165) is 40.7 Å². The number of amides is 1. The van der Waals surface area contributed by atoms with Gasteiger partial charge in [0.25, 0.3) is 5.91 Å². The van der Waals surface area contributed by atoms with Crippen LogP contribution in [0.4, 0.5) is 0 Å². The first-order valence-electron chi connectivity index (χ1n) is 7.46. The van der Waals surface area contributed by atoms with Gasteiger partial charge in [-0.25, -0.2) is 4.98 Å². The molecule has 1 atom stereocenters. The number of hydrogen-bond donors (Lipinski definition) is 0. The summed E-state index contributed by atoms with van der Waals surface area (Å²) < 4.78 is 5.37. The Bertz CT molecular complexity index is 822. The lowest BCUT2D eigenvalue weighted by atomic mass is 10.1. The molecule has 1 aliphatic heterocycles. The average Bonchev–Trinajstić information content (AvgIpc) is 3.31. The number of thiazole rings is 1. The van der Waals surface area contributed by atoms with Gasteiger partial charge in [0.1, 0.15) is 10.7 Å². The lowest BCUT2D eigenvalue weighted by Crippen LogP contribution is -2.30. The van der Waals surface area contributed by atoms with E-state index in [2.05, 4.69) is 10.1 Å². The van der Waals surface area contributed by atoms with Crippen LogP contribution in [0.3, 0.4) is 0 Å². The molecule has 0 saturated carbocycles. The third-order valence-corrected chi connectivity index (χ3v) is 5.82. The zero-order valence-electron chi connectivity index (χ0n) is 12.6. The fraction of sp³-hybridized carbons (Fsp3) is 0.312. The summed E-state index contributed by atoms with van der Waals surface area (Å²) in [4.78, 5) is 20.3. The van der Waals surface area contributed by atoms with Gasteiger partial charge in [0, 0.05) is 18.0 Å². The van der Waals surface area contributed by atoms with Gasteiger partial charge in [0.2, 0.25) is 0 Å². The Morgan fingerprint density at radius 1 is 1.43 bits per heavy atom. The van der Waals surface area contributed by atoms with Crippen LogP contribution in [0, 0.1) is 6.92 Å². The van der Waals surface area contributed by atoms with Crippen molar-refractivity contribution in [3.8, 4) is 9.88 Å². The molecule has 0 aliphatic carbocycles. The van der Waals surface area contributed by atoms with Crippen LogP contribution in [0.15, 0.2) is 33.5 Å². The minimum atomic E-state index is -0.0319. The molecule has 0 unspecified atom stereocenters. The molecule has 3 aromatic rings. The molecule has 1 aliphatic rings. The van der Waals surface area contributed by atoms with E-state index in [1.165, 1.54) is 11.3 Å². The maximum atomic E-state index is 12.8. The van der Waals surface area contributed by atoms with E-state index in [4.69, 9.17) is 4.52 Å². The fourth-order valence-corrected chi connectivity index (χ4v) is 4.49. The van der Waals surface area contributed by atoms with Crippen LogP contribution in [0.2, 0.25) is 0 Å². The molecule has 3 aromatic heterocycles. The highest BCUT2D eigenvalue weighted by atomic mass is 32.1. The Morgan fingerprint density at radius 3 is 3.09 bits per heavy atom. The normalized spacial score (nSPS) is 17.8. The molecule has 7 heteroatoms. The maximum absolute atomic E-state index is 12.8. The summed E-state index contributed by atoms with van der Waals surface area (Å²) in [6, 6.07) is 5.89. The molecule has 0 N–H and O–H groups in total. The molecule has 0 bridgehead atoms. The lowest BCUT2D eigenvalue weighted by molar-refractivity contribution is 0.0709. The minimum Gasteiger partial charge on any atom is -0.359 e. The number of carbonyl (C=O) groups excluding carboxylic acids is 1. The van der Waals surface area contributed by atoms with Gasteiger partial charge in [-0.15, -0.1) is 22.7 Å². The van der Waals surface area contributed by atoms with Crippen molar-refractivity contribution in [3.05, 3.63) is 46.1 Å². The van der Waals surface area contributed by atoms with Gasteiger partial charge in [-0.3, -0.25) is 4.79 Å². The molecule has 23 heavy (non-hydrogen) atoms. The van der Waals surface area contributed by atoms with Gasteiger partial charge in [-0.1, -0.05) is 11.2 Å². The van der Waals surface area contributed by atoms with Crippen molar-refractivity contribution in [2.45, 2.75) is 25.8 Å². The van der Waals surface area contributed by atoms with Gasteiger partial charge in [-0.05, 0) is 31.2 Å². The van der Waals surface area contributed by atoms with Crippen LogP contribution in [0.1, 0.15) is 40.8 Å². The summed E-state index contributed by atoms with van der Waals surface area (Å²) in [6.45, 7) is 2.62. The number of thiophene rings is 1. The van der Waals surface area contributed by atoms with E-state index in [1.54, 1.807) is 11.3 Å². The van der Waals surface area contributed by atoms with Crippen molar-refractivity contribution in [2.75, 3.05) is 6.54 Å². The van der Waals surface area contributed by atoms with Gasteiger partial charge < -0.3 is 9.42 Å². The molecule has 0 spiro atoms. The second-order valence-corrected chi connectivity index (χ2v) is 7.35. The molecule has 5 nitrogen and oxygen atoms in total. The van der Waals surface area contributed by atoms with E-state index in [0.29, 0.717) is 5.69 Å². The van der Waals surface area contributed by atoms with Gasteiger partial charge in [0.05, 0.1) is 16.6 Å². The van der Waals surface area contributed by atoms with Crippen LogP contribution in [-0.2, 0) is 0 Å². The second-order valence-electron chi connectivity index (χ2n) is 5.54. The number of aromatic nitrogens is 2. The van der Waals surface area contributed by atoms with Crippen molar-refractivity contribution < 1.29 is 9.32 Å². The summed E-state index contributed by atoms with van der Waals surface area (Å²) in [5.41, 5.74) is 1.36. The maximum Gasteiger partial charge on any atom is 0.273 e. The molecule has 0 aromatic carbocycles. The predicted molar refractivity (Wildman–Crippen MR) is 89.7 cm³/mol. The molecular formula is C16H15N3O2S2. The Hall–Kier alpha value is -1.99. The van der Waals surface area contributed by atoms with E-state index in [-0.39, 0.29) is 11.9 Å². The number of likely N-dealkylation sites (tertiary alicyclic amines) is 1. The number of aryl methyl sites for hydroxylation is 1. The fourth-order valence-electron chi connectivity index (χ4n) is 2.88. The predicted octanol–water partition coefficient (Wildman–Crippen LogP) is 4.15. The van der Waals surface area contributed by atoms with E-state index in [9.17, 15) is 4.79 Å². The molecule has 0 radical (unpaired) electrons. The molecule has 4 rings (SSSR count). The minimum absolute atomic E-state index is 0.0272. The van der Waals surface area contributed by atoms with Gasteiger partial charge in [-0.2, -0.15) is 0 Å². The zero-order valence-corrected chi connectivity index (χ0v) is 14.2. The highest BCUT2D eigenvalue weighted by Gasteiger charge is 2.34. The second kappa shape index (κ2) is 5.90. The van der Waals surface area contributed by atoms with E-state index < -0.39 is 0 Å². The monoisotopic (exact) mass is 345 g/mol. The number of nitrogens with zero attached hydrogens (tertiary/aromatic N) is 3. The summed E-state index contributed by atoms with van der Waals surface area (Å²) in [5.74, 6) is 0.739. The van der Waals surface area contributed by atoms with Crippen molar-refractivity contribution in [1.29, 1.82) is 0 Å². The SMILES string of the molecule is Cc1cc([C@@H]2CCCN2C(=O)c2csc(-c3cccs3)n2)on1. The van der Waals surface area contributed by atoms with Gasteiger partial charge >= 0.3 is 0 Å². The van der Waals surface area contributed by atoms with Crippen LogP contribution < -0.4 is 0 Å². The van der Waals surface area contributed by atoms with Crippen LogP contribution in [0.5, 0.6) is 0 Å². The third-order valence-electron chi connectivity index (χ3n) is 3.94. The third kappa shape index (κ3) is 2.70. The van der Waals surface area contributed by atoms with Crippen molar-refractivity contribution >= 4 is 28.6 Å². The molecule has 1 saturated heterocycles. The Labute approximate surface area is 141 Å². The molecule has 4 heterocycles. The van der Waals surface area contributed by atoms with Crippen LogP contribution in [-0.4, -0.2) is 27.5 Å². The topological polar surface area (TPSA) is 59.2 Å². The van der Waals surface area contributed by atoms with Crippen molar-refractivity contribution in [3.63, 3.8) is 0 Å². The smallest absolute Gasteiger partial charge is 0.273 e. The Balaban J connectivity index is 1.58. The van der Waals surface area contributed by atoms with Crippen molar-refractivity contribution in [1.82, 2.24) is 15.0 Å². The van der Waals surface area contributed by atoms with Gasteiger partial charge in [0.15, 0.2) is 5.76 Å². The number of carbonyl (C=O) groups is 1. The first-order chi connectivity index (χ1) is 11.2. The first kappa shape index (κ1) is 14.6. The Kier molecular flexibility index (Phi) is 3.74. The largest absolute Gasteiger partial charge is 0.359 e. The standard InChI is InChI=1S/C16H15N3O2S2/c1-10-8-13(21-18-10)12-4-2-6-19(12)16(20)11-9-23-15(17-11)14-5-3-7-22-14/h3,5,7-9,12H,2,4,6H2,1H3/t12-/m0/s1. The lowest BCUT2D eigenvalue weighted by Gasteiger charge is -2.21. The summed E-state index contributed by atoms with van der Waals surface area (Å²) in [7, 11) is 0. The molecular weight excluding hydrogens is 330 g/mol. The molecule has 1 fully saturated rings.